The van der Waals surface area contributed by atoms with Gasteiger partial charge in [-0.25, -0.2) is 0 Å². The summed E-state index contributed by atoms with van der Waals surface area (Å²) in [6.45, 7) is 12.2. The molecule has 1 saturated carbocycles. The first-order chi connectivity index (χ1) is 14.7. The van der Waals surface area contributed by atoms with Crippen molar-refractivity contribution in [3.8, 4) is 0 Å². The second-order valence-electron chi connectivity index (χ2n) is 10.1. The van der Waals surface area contributed by atoms with Crippen LogP contribution in [0.15, 0.2) is 60.7 Å². The Bertz CT molecular complexity index is 788. The summed E-state index contributed by atoms with van der Waals surface area (Å²) in [5.74, 6) is 0. The van der Waals surface area contributed by atoms with Gasteiger partial charge in [-0.15, -0.1) is 0 Å². The molecule has 0 amide bonds. The Labute approximate surface area is 188 Å². The van der Waals surface area contributed by atoms with Crippen molar-refractivity contribution < 1.29 is 19.0 Å². The van der Waals surface area contributed by atoms with Crippen LogP contribution in [0.1, 0.15) is 44.7 Å². The number of hydrogen-bond donors (Lipinski definition) is 1. The lowest BCUT2D eigenvalue weighted by Gasteiger charge is -2.44. The van der Waals surface area contributed by atoms with Crippen LogP contribution in [-0.2, 0) is 27.1 Å². The third-order valence-corrected chi connectivity index (χ3v) is 11.1. The molecule has 4 nitrogen and oxygen atoms in total. The Balaban J connectivity index is 1.70. The molecule has 1 aliphatic rings. The van der Waals surface area contributed by atoms with Crippen LogP contribution in [-0.4, -0.2) is 37.8 Å². The molecule has 5 heteroatoms. The van der Waals surface area contributed by atoms with E-state index >= 15 is 0 Å². The summed E-state index contributed by atoms with van der Waals surface area (Å²) in [5, 5.41) is 11.1. The van der Waals surface area contributed by atoms with Crippen molar-refractivity contribution in [2.24, 2.45) is 0 Å². The number of aliphatic hydroxyl groups is 1. The van der Waals surface area contributed by atoms with E-state index in [1.165, 1.54) is 0 Å². The van der Waals surface area contributed by atoms with Gasteiger partial charge in [0, 0.05) is 12.8 Å². The van der Waals surface area contributed by atoms with Crippen LogP contribution >= 0.6 is 0 Å². The van der Waals surface area contributed by atoms with E-state index in [9.17, 15) is 5.11 Å². The lowest BCUT2D eigenvalue weighted by atomic mass is 9.89. The molecule has 31 heavy (non-hydrogen) atoms. The molecule has 1 N–H and O–H groups in total. The maximum atomic E-state index is 11.0. The van der Waals surface area contributed by atoms with Gasteiger partial charge in [-0.1, -0.05) is 81.4 Å². The molecule has 0 bridgehead atoms. The van der Waals surface area contributed by atoms with Crippen LogP contribution in [0.25, 0.3) is 0 Å². The first-order valence-electron chi connectivity index (χ1n) is 11.3. The number of benzene rings is 2. The van der Waals surface area contributed by atoms with E-state index in [4.69, 9.17) is 13.9 Å². The summed E-state index contributed by atoms with van der Waals surface area (Å²) in [5.41, 5.74) is 2.21. The lowest BCUT2D eigenvalue weighted by Crippen LogP contribution is -2.53. The van der Waals surface area contributed by atoms with Crippen LogP contribution in [0.5, 0.6) is 0 Å². The van der Waals surface area contributed by atoms with Crippen LogP contribution in [0.4, 0.5) is 0 Å². The van der Waals surface area contributed by atoms with Gasteiger partial charge in [0.25, 0.3) is 0 Å². The average Bonchev–Trinajstić information content (AvgIpc) is 2.72. The fourth-order valence-corrected chi connectivity index (χ4v) is 5.14. The minimum Gasteiger partial charge on any atom is -0.414 e. The Morgan fingerprint density at radius 3 is 1.87 bits per heavy atom. The third-order valence-electron chi connectivity index (χ3n) is 6.60. The molecule has 0 radical (unpaired) electrons. The van der Waals surface area contributed by atoms with E-state index in [0.717, 1.165) is 17.5 Å². The molecule has 170 valence electrons. The molecule has 2 aromatic rings. The topological polar surface area (TPSA) is 47.9 Å². The quantitative estimate of drug-likeness (QED) is 0.533. The number of rotatable bonds is 8. The number of ether oxygens (including phenoxy) is 2. The highest BCUT2D eigenvalue weighted by atomic mass is 28.4. The SMILES string of the molecule is CC(C)(C)[Si](C)(C)OC1CC(O)C(OCc2ccccc2)C(OCc2ccccc2)C1. The highest BCUT2D eigenvalue weighted by Gasteiger charge is 2.44. The Morgan fingerprint density at radius 2 is 1.35 bits per heavy atom. The Morgan fingerprint density at radius 1 is 0.839 bits per heavy atom. The summed E-state index contributed by atoms with van der Waals surface area (Å²) in [7, 11) is -1.94. The molecule has 0 spiro atoms. The molecule has 0 aromatic heterocycles. The van der Waals surface area contributed by atoms with Gasteiger partial charge in [-0.3, -0.25) is 0 Å². The maximum Gasteiger partial charge on any atom is 0.192 e. The minimum atomic E-state index is -1.94. The Hall–Kier alpha value is -1.50. The molecular weight excluding hydrogens is 404 g/mol. The predicted molar refractivity (Wildman–Crippen MR) is 127 cm³/mol. The largest absolute Gasteiger partial charge is 0.414 e. The molecular formula is C26H38O4Si. The van der Waals surface area contributed by atoms with Crippen LogP contribution in [0, 0.1) is 0 Å². The summed E-state index contributed by atoms with van der Waals surface area (Å²) in [6, 6.07) is 20.2. The van der Waals surface area contributed by atoms with Crippen LogP contribution in [0.3, 0.4) is 0 Å². The van der Waals surface area contributed by atoms with Crippen molar-refractivity contribution in [1.82, 2.24) is 0 Å². The second kappa shape index (κ2) is 10.4. The standard InChI is InChI=1S/C26H38O4Si/c1-26(2,3)31(4,5)30-22-16-23(27)25(29-19-21-14-10-7-11-15-21)24(17-22)28-18-20-12-8-6-9-13-20/h6-15,22-25,27H,16-19H2,1-5H3. The van der Waals surface area contributed by atoms with E-state index in [1.54, 1.807) is 0 Å². The fourth-order valence-electron chi connectivity index (χ4n) is 3.76. The van der Waals surface area contributed by atoms with E-state index in [0.29, 0.717) is 19.6 Å². The molecule has 0 aliphatic heterocycles. The van der Waals surface area contributed by atoms with Crippen molar-refractivity contribution in [2.75, 3.05) is 0 Å². The third kappa shape index (κ3) is 6.74. The van der Waals surface area contributed by atoms with E-state index < -0.39 is 14.4 Å². The van der Waals surface area contributed by atoms with E-state index in [2.05, 4.69) is 46.0 Å². The zero-order chi connectivity index (χ0) is 22.5. The monoisotopic (exact) mass is 442 g/mol. The number of hydrogen-bond acceptors (Lipinski definition) is 4. The molecule has 1 fully saturated rings. The fraction of sp³-hybridized carbons (Fsp3) is 0.538. The molecule has 0 saturated heterocycles. The molecule has 4 unspecified atom stereocenters. The normalized spacial score (nSPS) is 24.8. The van der Waals surface area contributed by atoms with Gasteiger partial charge in [0.15, 0.2) is 8.32 Å². The molecule has 4 atom stereocenters. The zero-order valence-corrected chi connectivity index (χ0v) is 20.6. The van der Waals surface area contributed by atoms with Gasteiger partial charge in [-0.2, -0.15) is 0 Å². The molecule has 0 heterocycles. The van der Waals surface area contributed by atoms with Crippen molar-refractivity contribution in [3.63, 3.8) is 0 Å². The van der Waals surface area contributed by atoms with Gasteiger partial charge in [0.05, 0.1) is 31.5 Å². The average molecular weight is 443 g/mol. The molecule has 2 aromatic carbocycles. The van der Waals surface area contributed by atoms with Gasteiger partial charge in [0.1, 0.15) is 6.10 Å². The molecule has 3 rings (SSSR count). The summed E-state index contributed by atoms with van der Waals surface area (Å²) < 4.78 is 19.2. The van der Waals surface area contributed by atoms with Gasteiger partial charge >= 0.3 is 0 Å². The maximum absolute atomic E-state index is 11.0. The highest BCUT2D eigenvalue weighted by Crippen LogP contribution is 2.40. The Kier molecular flexibility index (Phi) is 8.11. The van der Waals surface area contributed by atoms with Crippen molar-refractivity contribution in [3.05, 3.63) is 71.8 Å². The predicted octanol–water partition coefficient (Wildman–Crippen LogP) is 5.70. The zero-order valence-electron chi connectivity index (χ0n) is 19.6. The van der Waals surface area contributed by atoms with Gasteiger partial charge < -0.3 is 19.0 Å². The van der Waals surface area contributed by atoms with Gasteiger partial charge in [0.2, 0.25) is 0 Å². The smallest absolute Gasteiger partial charge is 0.192 e. The lowest BCUT2D eigenvalue weighted by molar-refractivity contribution is -0.169. The summed E-state index contributed by atoms with van der Waals surface area (Å²) >= 11 is 0. The molecule has 1 aliphatic carbocycles. The summed E-state index contributed by atoms with van der Waals surface area (Å²) in [6.07, 6.45) is 0.0828. The van der Waals surface area contributed by atoms with Crippen molar-refractivity contribution in [2.45, 2.75) is 89.4 Å². The first-order valence-corrected chi connectivity index (χ1v) is 14.2. The van der Waals surface area contributed by atoms with E-state index in [-0.39, 0.29) is 23.4 Å². The van der Waals surface area contributed by atoms with Crippen molar-refractivity contribution in [1.29, 1.82) is 0 Å². The van der Waals surface area contributed by atoms with Crippen LogP contribution in [0.2, 0.25) is 18.1 Å². The highest BCUT2D eigenvalue weighted by molar-refractivity contribution is 6.74. The van der Waals surface area contributed by atoms with Gasteiger partial charge in [-0.05, 0) is 29.3 Å². The second-order valence-corrected chi connectivity index (χ2v) is 14.9. The minimum absolute atomic E-state index is 0.0201. The summed E-state index contributed by atoms with van der Waals surface area (Å²) in [4.78, 5) is 0. The number of aliphatic hydroxyl groups excluding tert-OH is 1. The first kappa shape index (κ1) is 24.1. The van der Waals surface area contributed by atoms with E-state index in [1.807, 2.05) is 48.5 Å². The van der Waals surface area contributed by atoms with Crippen LogP contribution < -0.4 is 0 Å². The van der Waals surface area contributed by atoms with Crippen molar-refractivity contribution >= 4 is 8.32 Å².